The molecule has 0 aliphatic carbocycles. The van der Waals surface area contributed by atoms with Gasteiger partial charge in [-0.1, -0.05) is 60.7 Å². The van der Waals surface area contributed by atoms with Gasteiger partial charge in [-0.25, -0.2) is 0 Å². The van der Waals surface area contributed by atoms with Gasteiger partial charge in [0.2, 0.25) is 0 Å². The van der Waals surface area contributed by atoms with Crippen molar-refractivity contribution in [3.8, 4) is 5.75 Å². The van der Waals surface area contributed by atoms with E-state index in [1.54, 1.807) is 38.4 Å². The van der Waals surface area contributed by atoms with Gasteiger partial charge in [-0.2, -0.15) is 0 Å². The molecule has 0 saturated carbocycles. The molecule has 0 bridgehead atoms. The minimum atomic E-state index is 0.729. The summed E-state index contributed by atoms with van der Waals surface area (Å²) in [6, 6.07) is 26.4. The Morgan fingerprint density at radius 2 is 1.31 bits per heavy atom. The van der Waals surface area contributed by atoms with Crippen LogP contribution in [-0.2, 0) is 0 Å². The number of benzene rings is 3. The average Bonchev–Trinajstić information content (AvgIpc) is 2.71. The van der Waals surface area contributed by atoms with Crippen LogP contribution in [0.15, 0.2) is 89.9 Å². The van der Waals surface area contributed by atoms with E-state index in [2.05, 4.69) is 4.99 Å². The van der Waals surface area contributed by atoms with Crippen molar-refractivity contribution in [2.75, 3.05) is 19.9 Å². The number of aldehydes is 1. The smallest absolute Gasteiger partial charge is 0.150 e. The minimum Gasteiger partial charge on any atom is -0.497 e. The summed E-state index contributed by atoms with van der Waals surface area (Å²) in [5.74, 6) is 0.837. The highest BCUT2D eigenvalue weighted by molar-refractivity contribution is 5.79. The van der Waals surface area contributed by atoms with Gasteiger partial charge in [-0.3, -0.25) is 9.79 Å². The molecule has 0 amide bonds. The summed E-state index contributed by atoms with van der Waals surface area (Å²) >= 11 is 0. The second-order valence-corrected chi connectivity index (χ2v) is 5.10. The summed E-state index contributed by atoms with van der Waals surface area (Å²) in [4.78, 5) is 13.9. The molecule has 0 aliphatic heterocycles. The molecule has 0 fully saturated rings. The zero-order valence-corrected chi connectivity index (χ0v) is 15.1. The summed E-state index contributed by atoms with van der Waals surface area (Å²) in [5, 5.41) is 0. The standard InChI is InChI=1S/C8H9N.C7H9NO.C7H6O/c1-9-7-8-5-3-2-4-6-8;1-9-7-4-2-6(8)3-5-7;8-6-7-4-2-1-3-5-7/h2-7H,1H3;2-5H,8H2,1H3;1-6H. The number of hydrogen-bond acceptors (Lipinski definition) is 4. The Morgan fingerprint density at radius 1 is 0.808 bits per heavy atom. The molecule has 0 heterocycles. The highest BCUT2D eigenvalue weighted by Gasteiger charge is 1.86. The Morgan fingerprint density at radius 3 is 1.69 bits per heavy atom. The molecule has 3 aromatic rings. The van der Waals surface area contributed by atoms with Gasteiger partial charge in [0.15, 0.2) is 0 Å². The van der Waals surface area contributed by atoms with Gasteiger partial charge in [-0.15, -0.1) is 0 Å². The fourth-order valence-electron chi connectivity index (χ4n) is 1.82. The first-order valence-electron chi connectivity index (χ1n) is 8.06. The number of nitrogens with two attached hydrogens (primary N) is 1. The number of aliphatic imine (C=N–C) groups is 1. The number of nitrogen functional groups attached to an aromatic ring is 1. The Balaban J connectivity index is 0.000000195. The number of anilines is 1. The number of ether oxygens (including phenoxy) is 1. The second-order valence-electron chi connectivity index (χ2n) is 5.10. The maximum Gasteiger partial charge on any atom is 0.150 e. The molecule has 0 aromatic heterocycles. The van der Waals surface area contributed by atoms with E-state index < -0.39 is 0 Å². The molecule has 0 atom stereocenters. The van der Waals surface area contributed by atoms with Crippen LogP contribution >= 0.6 is 0 Å². The lowest BCUT2D eigenvalue weighted by molar-refractivity contribution is 0.112. The molecule has 4 nitrogen and oxygen atoms in total. The predicted molar refractivity (Wildman–Crippen MR) is 109 cm³/mol. The molecule has 0 saturated heterocycles. The van der Waals surface area contributed by atoms with Gasteiger partial charge >= 0.3 is 0 Å². The van der Waals surface area contributed by atoms with Crippen molar-refractivity contribution < 1.29 is 9.53 Å². The first kappa shape index (κ1) is 20.6. The molecule has 0 radical (unpaired) electrons. The number of nitrogens with zero attached hydrogens (tertiary/aromatic N) is 1. The minimum absolute atomic E-state index is 0.729. The van der Waals surface area contributed by atoms with Crippen LogP contribution in [0.2, 0.25) is 0 Å². The number of hydrogen-bond donors (Lipinski definition) is 1. The van der Waals surface area contributed by atoms with E-state index in [-0.39, 0.29) is 0 Å². The molecule has 0 aliphatic rings. The van der Waals surface area contributed by atoms with E-state index in [1.165, 1.54) is 0 Å². The molecule has 0 unspecified atom stereocenters. The summed E-state index contributed by atoms with van der Waals surface area (Å²) in [6.45, 7) is 0. The Bertz CT molecular complexity index is 755. The maximum atomic E-state index is 10.0. The van der Waals surface area contributed by atoms with E-state index in [0.29, 0.717) is 0 Å². The quantitative estimate of drug-likeness (QED) is 0.430. The lowest BCUT2D eigenvalue weighted by Crippen LogP contribution is -1.84. The molecule has 2 N–H and O–H groups in total. The molecule has 26 heavy (non-hydrogen) atoms. The van der Waals surface area contributed by atoms with Gasteiger partial charge in [0, 0.05) is 24.5 Å². The Kier molecular flexibility index (Phi) is 10.3. The van der Waals surface area contributed by atoms with E-state index >= 15 is 0 Å². The highest BCUT2D eigenvalue weighted by Crippen LogP contribution is 2.11. The van der Waals surface area contributed by atoms with Crippen molar-refractivity contribution in [3.05, 3.63) is 96.1 Å². The maximum absolute atomic E-state index is 10.0. The fraction of sp³-hybridized carbons (Fsp3) is 0.0909. The van der Waals surface area contributed by atoms with E-state index in [4.69, 9.17) is 10.5 Å². The predicted octanol–water partition coefficient (Wildman–Crippen LogP) is 4.51. The summed E-state index contributed by atoms with van der Waals surface area (Å²) < 4.78 is 4.91. The summed E-state index contributed by atoms with van der Waals surface area (Å²) in [6.07, 6.45) is 2.67. The third-order valence-corrected chi connectivity index (χ3v) is 3.13. The van der Waals surface area contributed by atoms with E-state index in [9.17, 15) is 4.79 Å². The first-order chi connectivity index (χ1) is 12.7. The van der Waals surface area contributed by atoms with Crippen LogP contribution in [0.4, 0.5) is 5.69 Å². The van der Waals surface area contributed by atoms with Crippen LogP contribution in [0, 0.1) is 0 Å². The molecule has 134 valence electrons. The largest absolute Gasteiger partial charge is 0.497 e. The van der Waals surface area contributed by atoms with Crippen molar-refractivity contribution in [1.82, 2.24) is 0 Å². The normalized spacial score (nSPS) is 9.31. The number of methoxy groups -OCH3 is 1. The van der Waals surface area contributed by atoms with E-state index in [0.717, 1.165) is 28.8 Å². The third-order valence-electron chi connectivity index (χ3n) is 3.13. The lowest BCUT2D eigenvalue weighted by Gasteiger charge is -1.97. The third kappa shape index (κ3) is 9.03. The molecule has 3 rings (SSSR count). The molecule has 3 aromatic carbocycles. The molecular formula is C22H24N2O2. The SMILES string of the molecule is CN=Cc1ccccc1.COc1ccc(N)cc1.O=Cc1ccccc1. The van der Waals surface area contributed by atoms with Crippen LogP contribution < -0.4 is 10.5 Å². The van der Waals surface area contributed by atoms with Gasteiger partial charge in [-0.05, 0) is 29.8 Å². The monoisotopic (exact) mass is 348 g/mol. The molecular weight excluding hydrogens is 324 g/mol. The van der Waals surface area contributed by atoms with Crippen molar-refractivity contribution in [2.45, 2.75) is 0 Å². The second kappa shape index (κ2) is 13.0. The average molecular weight is 348 g/mol. The Labute approximate surface area is 155 Å². The molecule has 4 heteroatoms. The van der Waals surface area contributed by atoms with Crippen LogP contribution in [0.25, 0.3) is 0 Å². The van der Waals surface area contributed by atoms with Gasteiger partial charge < -0.3 is 10.5 Å². The zero-order valence-electron chi connectivity index (χ0n) is 15.1. The van der Waals surface area contributed by atoms with Crippen molar-refractivity contribution in [3.63, 3.8) is 0 Å². The summed E-state index contributed by atoms with van der Waals surface area (Å²) in [5.41, 5.74) is 8.07. The lowest BCUT2D eigenvalue weighted by atomic mass is 10.2. The number of carbonyl (C=O) groups excluding carboxylic acids is 1. The van der Waals surface area contributed by atoms with Crippen LogP contribution in [0.3, 0.4) is 0 Å². The van der Waals surface area contributed by atoms with Gasteiger partial charge in [0.1, 0.15) is 12.0 Å². The first-order valence-corrected chi connectivity index (χ1v) is 8.06. The highest BCUT2D eigenvalue weighted by atomic mass is 16.5. The number of rotatable bonds is 3. The van der Waals surface area contributed by atoms with Crippen molar-refractivity contribution in [1.29, 1.82) is 0 Å². The Hall–Kier alpha value is -3.40. The number of carbonyl (C=O) groups is 1. The van der Waals surface area contributed by atoms with Gasteiger partial charge in [0.05, 0.1) is 7.11 Å². The fourth-order valence-corrected chi connectivity index (χ4v) is 1.82. The van der Waals surface area contributed by atoms with Crippen LogP contribution in [-0.4, -0.2) is 26.7 Å². The summed E-state index contributed by atoms with van der Waals surface area (Å²) in [7, 11) is 3.40. The van der Waals surface area contributed by atoms with Crippen molar-refractivity contribution in [2.24, 2.45) is 4.99 Å². The van der Waals surface area contributed by atoms with Crippen LogP contribution in [0.5, 0.6) is 5.75 Å². The van der Waals surface area contributed by atoms with E-state index in [1.807, 2.05) is 66.9 Å². The molecule has 0 spiro atoms. The topological polar surface area (TPSA) is 64.7 Å². The van der Waals surface area contributed by atoms with Crippen LogP contribution in [0.1, 0.15) is 15.9 Å². The van der Waals surface area contributed by atoms with Crippen molar-refractivity contribution >= 4 is 18.2 Å². The zero-order chi connectivity index (χ0) is 19.0. The van der Waals surface area contributed by atoms with Gasteiger partial charge in [0.25, 0.3) is 0 Å².